The number of aromatic nitrogens is 3. The Morgan fingerprint density at radius 3 is 2.72 bits per heavy atom. The first kappa shape index (κ1) is 16.7. The zero-order chi connectivity index (χ0) is 17.6. The smallest absolute Gasteiger partial charge is 0.257 e. The van der Waals surface area contributed by atoms with Crippen LogP contribution >= 0.6 is 0 Å². The Bertz CT molecular complexity index is 829. The van der Waals surface area contributed by atoms with Crippen molar-refractivity contribution in [3.8, 4) is 11.6 Å². The molecule has 3 aromatic rings. The van der Waals surface area contributed by atoms with Crippen molar-refractivity contribution < 1.29 is 9.53 Å². The van der Waals surface area contributed by atoms with E-state index in [0.717, 1.165) is 11.3 Å². The van der Waals surface area contributed by atoms with Gasteiger partial charge in [-0.1, -0.05) is 12.1 Å². The molecule has 1 atom stereocenters. The Morgan fingerprint density at radius 1 is 1.24 bits per heavy atom. The van der Waals surface area contributed by atoms with E-state index in [0.29, 0.717) is 18.1 Å². The number of hydrogen-bond acceptors (Lipinski definition) is 4. The van der Waals surface area contributed by atoms with Crippen molar-refractivity contribution in [1.29, 1.82) is 0 Å². The minimum Gasteiger partial charge on any atom is -0.477 e. The molecule has 0 saturated heterocycles. The fraction of sp³-hybridized carbons (Fsp3) is 0.211. The number of carbonyl (C=O) groups excluding carboxylic acids is 1. The highest BCUT2D eigenvalue weighted by atomic mass is 16.5. The first-order valence-corrected chi connectivity index (χ1v) is 8.16. The molecule has 0 aliphatic heterocycles. The van der Waals surface area contributed by atoms with Crippen LogP contribution in [0.5, 0.6) is 5.88 Å². The third-order valence-electron chi connectivity index (χ3n) is 3.84. The molecular formula is C19H20N4O2. The van der Waals surface area contributed by atoms with Gasteiger partial charge < -0.3 is 14.6 Å². The van der Waals surface area contributed by atoms with Crippen LogP contribution in [-0.2, 0) is 0 Å². The normalized spacial score (nSPS) is 11.8. The van der Waals surface area contributed by atoms with E-state index in [-0.39, 0.29) is 11.9 Å². The molecule has 3 rings (SSSR count). The van der Waals surface area contributed by atoms with Gasteiger partial charge in [0.15, 0.2) is 0 Å². The van der Waals surface area contributed by atoms with Gasteiger partial charge in [-0.3, -0.25) is 4.79 Å². The highest BCUT2D eigenvalue weighted by Crippen LogP contribution is 2.19. The highest BCUT2D eigenvalue weighted by molar-refractivity contribution is 5.96. The molecule has 1 N–H and O–H groups in total. The number of imidazole rings is 1. The number of rotatable bonds is 6. The number of ether oxygens (including phenoxy) is 1. The number of benzene rings is 1. The van der Waals surface area contributed by atoms with E-state index in [9.17, 15) is 4.79 Å². The summed E-state index contributed by atoms with van der Waals surface area (Å²) in [5, 5.41) is 2.99. The maximum absolute atomic E-state index is 12.5. The second kappa shape index (κ2) is 7.61. The second-order valence-corrected chi connectivity index (χ2v) is 5.55. The average Bonchev–Trinajstić information content (AvgIpc) is 3.17. The standard InChI is InChI=1S/C19H20N4O2/c1-3-25-19-17(5-4-10-21-19)18(24)22-14(2)15-6-8-16(9-7-15)23-12-11-20-13-23/h4-14H,3H2,1-2H3,(H,22,24)/t14-/m1/s1. The van der Waals surface area contributed by atoms with Crippen LogP contribution in [0.15, 0.2) is 61.3 Å². The number of carbonyl (C=O) groups is 1. The van der Waals surface area contributed by atoms with Crippen LogP contribution in [0.4, 0.5) is 0 Å². The first-order chi connectivity index (χ1) is 12.2. The summed E-state index contributed by atoms with van der Waals surface area (Å²) in [7, 11) is 0. The van der Waals surface area contributed by atoms with Gasteiger partial charge in [0, 0.05) is 24.3 Å². The molecule has 6 nitrogen and oxygen atoms in total. The zero-order valence-electron chi connectivity index (χ0n) is 14.2. The van der Waals surface area contributed by atoms with Crippen molar-refractivity contribution in [2.75, 3.05) is 6.61 Å². The Kier molecular flexibility index (Phi) is 5.09. The average molecular weight is 336 g/mol. The molecular weight excluding hydrogens is 316 g/mol. The van der Waals surface area contributed by atoms with Crippen LogP contribution in [0.2, 0.25) is 0 Å². The molecule has 0 spiro atoms. The molecule has 1 amide bonds. The van der Waals surface area contributed by atoms with Crippen molar-refractivity contribution in [1.82, 2.24) is 19.9 Å². The monoisotopic (exact) mass is 336 g/mol. The largest absolute Gasteiger partial charge is 0.477 e. The van der Waals surface area contributed by atoms with E-state index < -0.39 is 0 Å². The fourth-order valence-electron chi connectivity index (χ4n) is 2.52. The second-order valence-electron chi connectivity index (χ2n) is 5.55. The molecule has 1 aromatic carbocycles. The van der Waals surface area contributed by atoms with E-state index in [4.69, 9.17) is 4.74 Å². The van der Waals surface area contributed by atoms with Gasteiger partial charge >= 0.3 is 0 Å². The summed E-state index contributed by atoms with van der Waals surface area (Å²) in [4.78, 5) is 20.7. The van der Waals surface area contributed by atoms with Crippen molar-refractivity contribution in [2.45, 2.75) is 19.9 Å². The summed E-state index contributed by atoms with van der Waals surface area (Å²) in [6, 6.07) is 11.3. The van der Waals surface area contributed by atoms with Crippen LogP contribution in [0.25, 0.3) is 5.69 Å². The van der Waals surface area contributed by atoms with Crippen molar-refractivity contribution >= 4 is 5.91 Å². The topological polar surface area (TPSA) is 69.0 Å². The third-order valence-corrected chi connectivity index (χ3v) is 3.84. The maximum atomic E-state index is 12.5. The van der Waals surface area contributed by atoms with Gasteiger partial charge in [0.25, 0.3) is 5.91 Å². The van der Waals surface area contributed by atoms with Crippen LogP contribution in [0.1, 0.15) is 35.8 Å². The van der Waals surface area contributed by atoms with Gasteiger partial charge in [-0.05, 0) is 43.7 Å². The Morgan fingerprint density at radius 2 is 2.04 bits per heavy atom. The molecule has 2 aromatic heterocycles. The SMILES string of the molecule is CCOc1ncccc1C(=O)N[C@H](C)c1ccc(-n2ccnc2)cc1. The van der Waals surface area contributed by atoms with Gasteiger partial charge in [-0.2, -0.15) is 0 Å². The van der Waals surface area contributed by atoms with E-state index >= 15 is 0 Å². The molecule has 0 unspecified atom stereocenters. The van der Waals surface area contributed by atoms with Crippen LogP contribution < -0.4 is 10.1 Å². The van der Waals surface area contributed by atoms with Crippen molar-refractivity contribution in [3.63, 3.8) is 0 Å². The van der Waals surface area contributed by atoms with Crippen molar-refractivity contribution in [3.05, 3.63) is 72.4 Å². The molecule has 0 fully saturated rings. The first-order valence-electron chi connectivity index (χ1n) is 8.16. The molecule has 6 heteroatoms. The van der Waals surface area contributed by atoms with E-state index in [1.165, 1.54) is 0 Å². The quantitative estimate of drug-likeness (QED) is 0.751. The van der Waals surface area contributed by atoms with Crippen LogP contribution in [-0.4, -0.2) is 27.0 Å². The summed E-state index contributed by atoms with van der Waals surface area (Å²) in [6.45, 7) is 4.27. The summed E-state index contributed by atoms with van der Waals surface area (Å²) >= 11 is 0. The minimum absolute atomic E-state index is 0.140. The third kappa shape index (κ3) is 3.85. The van der Waals surface area contributed by atoms with E-state index in [2.05, 4.69) is 15.3 Å². The molecule has 2 heterocycles. The lowest BCUT2D eigenvalue weighted by atomic mass is 10.1. The number of nitrogens with zero attached hydrogens (tertiary/aromatic N) is 3. The summed E-state index contributed by atoms with van der Waals surface area (Å²) in [5.41, 5.74) is 2.47. The van der Waals surface area contributed by atoms with Gasteiger partial charge in [0.2, 0.25) is 5.88 Å². The molecule has 0 aliphatic rings. The molecule has 0 bridgehead atoms. The number of nitrogens with one attached hydrogen (secondary N) is 1. The van der Waals surface area contributed by atoms with Crippen LogP contribution in [0.3, 0.4) is 0 Å². The highest BCUT2D eigenvalue weighted by Gasteiger charge is 2.16. The molecule has 0 aliphatic carbocycles. The molecule has 128 valence electrons. The zero-order valence-corrected chi connectivity index (χ0v) is 14.2. The summed E-state index contributed by atoms with van der Waals surface area (Å²) < 4.78 is 7.35. The van der Waals surface area contributed by atoms with Gasteiger partial charge in [-0.25, -0.2) is 9.97 Å². The number of amides is 1. The maximum Gasteiger partial charge on any atom is 0.257 e. The number of hydrogen-bond donors (Lipinski definition) is 1. The summed E-state index contributed by atoms with van der Waals surface area (Å²) in [6.07, 6.45) is 6.98. The molecule has 25 heavy (non-hydrogen) atoms. The van der Waals surface area contributed by atoms with Crippen molar-refractivity contribution in [2.24, 2.45) is 0 Å². The minimum atomic E-state index is -0.206. The predicted molar refractivity (Wildman–Crippen MR) is 94.9 cm³/mol. The van der Waals surface area contributed by atoms with E-state index in [1.807, 2.05) is 48.9 Å². The lowest BCUT2D eigenvalue weighted by molar-refractivity contribution is 0.0935. The molecule has 0 radical (unpaired) electrons. The summed E-state index contributed by atoms with van der Waals surface area (Å²) in [5.74, 6) is 0.146. The lowest BCUT2D eigenvalue weighted by Gasteiger charge is -2.16. The van der Waals surface area contributed by atoms with Gasteiger partial charge in [0.05, 0.1) is 19.0 Å². The fourth-order valence-corrected chi connectivity index (χ4v) is 2.52. The number of pyridine rings is 1. The van der Waals surface area contributed by atoms with Gasteiger partial charge in [0.1, 0.15) is 5.56 Å². The van der Waals surface area contributed by atoms with Crippen LogP contribution in [0, 0.1) is 0 Å². The van der Waals surface area contributed by atoms with E-state index in [1.54, 1.807) is 30.9 Å². The van der Waals surface area contributed by atoms with Gasteiger partial charge in [-0.15, -0.1) is 0 Å². The Labute approximate surface area is 146 Å². The predicted octanol–water partition coefficient (Wildman–Crippen LogP) is 3.16. The Hall–Kier alpha value is -3.15. The lowest BCUT2D eigenvalue weighted by Crippen LogP contribution is -2.27. The molecule has 0 saturated carbocycles. The Balaban J connectivity index is 1.71.